The number of nitrogens with one attached hydrogen (secondary N) is 1. The van der Waals surface area contributed by atoms with Crippen molar-refractivity contribution >= 4 is 0 Å². The third-order valence-electron chi connectivity index (χ3n) is 4.93. The molecule has 0 aromatic carbocycles. The highest BCUT2D eigenvalue weighted by Crippen LogP contribution is 2.43. The van der Waals surface area contributed by atoms with Gasteiger partial charge in [0.05, 0.1) is 0 Å². The van der Waals surface area contributed by atoms with Crippen LogP contribution in [-0.4, -0.2) is 13.1 Å². The van der Waals surface area contributed by atoms with Crippen molar-refractivity contribution in [3.8, 4) is 0 Å². The van der Waals surface area contributed by atoms with Gasteiger partial charge in [-0.25, -0.2) is 0 Å². The molecule has 0 spiro atoms. The van der Waals surface area contributed by atoms with Crippen LogP contribution in [0.2, 0.25) is 0 Å². The van der Waals surface area contributed by atoms with Gasteiger partial charge in [-0.05, 0) is 57.9 Å². The second-order valence-electron chi connectivity index (χ2n) is 6.44. The lowest BCUT2D eigenvalue weighted by atomic mass is 9.66. The number of fused-ring (bicyclic) bond motifs is 1. The summed E-state index contributed by atoms with van der Waals surface area (Å²) in [5.74, 6) is 3.00. The van der Waals surface area contributed by atoms with Crippen LogP contribution in [0.25, 0.3) is 0 Å². The maximum Gasteiger partial charge on any atom is 0.0278 e. The fourth-order valence-electron chi connectivity index (χ4n) is 4.05. The lowest BCUT2D eigenvalue weighted by molar-refractivity contribution is 0.119. The molecular weight excluding hydrogens is 206 g/mol. The van der Waals surface area contributed by atoms with Crippen LogP contribution in [0, 0.1) is 17.8 Å². The van der Waals surface area contributed by atoms with Gasteiger partial charge in [0.25, 0.3) is 0 Å². The first-order chi connectivity index (χ1) is 8.20. The van der Waals surface area contributed by atoms with Crippen molar-refractivity contribution in [3.63, 3.8) is 0 Å². The summed E-state index contributed by atoms with van der Waals surface area (Å²) in [5, 5.41) is 3.52. The van der Waals surface area contributed by atoms with Crippen LogP contribution in [0.4, 0.5) is 0 Å². The molecule has 4 unspecified atom stereocenters. The Kier molecular flexibility index (Phi) is 4.67. The molecule has 17 heavy (non-hydrogen) atoms. The van der Waals surface area contributed by atoms with Crippen molar-refractivity contribution in [2.45, 2.75) is 64.8 Å². The highest BCUT2D eigenvalue weighted by atomic mass is 14.9. The zero-order valence-corrected chi connectivity index (χ0v) is 11.8. The number of hydrogen-bond donors (Lipinski definition) is 1. The van der Waals surface area contributed by atoms with E-state index in [1.54, 1.807) is 0 Å². The predicted octanol–water partition coefficient (Wildman–Crippen LogP) is 4.15. The van der Waals surface area contributed by atoms with E-state index in [9.17, 15) is 0 Å². The molecule has 0 bridgehead atoms. The molecule has 4 atom stereocenters. The summed E-state index contributed by atoms with van der Waals surface area (Å²) in [4.78, 5) is 0. The average molecular weight is 235 g/mol. The SMILES string of the molecule is CNC(C=C(C)C)C1CCC2CCCCC2C1. The van der Waals surface area contributed by atoms with E-state index in [0.29, 0.717) is 6.04 Å². The van der Waals surface area contributed by atoms with Crippen LogP contribution in [0.15, 0.2) is 11.6 Å². The molecule has 0 aliphatic heterocycles. The average Bonchev–Trinajstić information content (AvgIpc) is 2.35. The van der Waals surface area contributed by atoms with Crippen LogP contribution < -0.4 is 5.32 Å². The van der Waals surface area contributed by atoms with Gasteiger partial charge < -0.3 is 5.32 Å². The normalized spacial score (nSPS) is 34.9. The Morgan fingerprint density at radius 3 is 2.41 bits per heavy atom. The summed E-state index contributed by atoms with van der Waals surface area (Å²) in [7, 11) is 2.12. The Labute approximate surface area is 107 Å². The van der Waals surface area contributed by atoms with E-state index in [2.05, 4.69) is 32.3 Å². The lowest BCUT2D eigenvalue weighted by Crippen LogP contribution is -2.38. The summed E-state index contributed by atoms with van der Waals surface area (Å²) in [5.41, 5.74) is 1.45. The summed E-state index contributed by atoms with van der Waals surface area (Å²) in [6.45, 7) is 4.44. The molecule has 2 saturated carbocycles. The molecular formula is C16H29N. The molecule has 2 fully saturated rings. The highest BCUT2D eigenvalue weighted by molar-refractivity contribution is 5.04. The molecule has 2 rings (SSSR count). The first-order valence-corrected chi connectivity index (χ1v) is 7.53. The third-order valence-corrected chi connectivity index (χ3v) is 4.93. The Hall–Kier alpha value is -0.300. The van der Waals surface area contributed by atoms with Gasteiger partial charge >= 0.3 is 0 Å². The lowest BCUT2D eigenvalue weighted by Gasteiger charge is -2.41. The zero-order valence-electron chi connectivity index (χ0n) is 11.8. The molecule has 0 aromatic heterocycles. The number of likely N-dealkylation sites (N-methyl/N-ethyl adjacent to an activating group) is 1. The third kappa shape index (κ3) is 3.34. The number of allylic oxidation sites excluding steroid dienone is 1. The Bertz CT molecular complexity index is 265. The summed E-state index contributed by atoms with van der Waals surface area (Å²) < 4.78 is 0. The van der Waals surface area contributed by atoms with Gasteiger partial charge in [-0.1, -0.05) is 37.3 Å². The first-order valence-electron chi connectivity index (χ1n) is 7.53. The molecule has 2 aliphatic rings. The number of rotatable bonds is 3. The summed E-state index contributed by atoms with van der Waals surface area (Å²) in [6, 6.07) is 0.614. The predicted molar refractivity (Wildman–Crippen MR) is 75.1 cm³/mol. The minimum atomic E-state index is 0.614. The van der Waals surface area contributed by atoms with Crippen LogP contribution in [0.1, 0.15) is 58.8 Å². The zero-order chi connectivity index (χ0) is 12.3. The molecule has 1 heteroatoms. The molecule has 1 nitrogen and oxygen atoms in total. The molecule has 0 aromatic rings. The van der Waals surface area contributed by atoms with E-state index in [4.69, 9.17) is 0 Å². The fourth-order valence-corrected chi connectivity index (χ4v) is 4.05. The highest BCUT2D eigenvalue weighted by Gasteiger charge is 2.34. The van der Waals surface area contributed by atoms with Crippen LogP contribution in [0.5, 0.6) is 0 Å². The summed E-state index contributed by atoms with van der Waals surface area (Å²) >= 11 is 0. The second-order valence-corrected chi connectivity index (χ2v) is 6.44. The first kappa shape index (κ1) is 13.1. The summed E-state index contributed by atoms with van der Waals surface area (Å²) in [6.07, 6.45) is 12.8. The second kappa shape index (κ2) is 6.04. The minimum absolute atomic E-state index is 0.614. The van der Waals surface area contributed by atoms with E-state index >= 15 is 0 Å². The maximum absolute atomic E-state index is 3.52. The molecule has 0 saturated heterocycles. The van der Waals surface area contributed by atoms with Gasteiger partial charge in [0, 0.05) is 6.04 Å². The Morgan fingerprint density at radius 1 is 1.06 bits per heavy atom. The molecule has 2 aliphatic carbocycles. The molecule has 0 heterocycles. The van der Waals surface area contributed by atoms with Crippen LogP contribution in [0.3, 0.4) is 0 Å². The van der Waals surface area contributed by atoms with Crippen molar-refractivity contribution in [1.82, 2.24) is 5.32 Å². The Balaban J connectivity index is 1.96. The largest absolute Gasteiger partial charge is 0.313 e. The monoisotopic (exact) mass is 235 g/mol. The van der Waals surface area contributed by atoms with Crippen LogP contribution >= 0.6 is 0 Å². The van der Waals surface area contributed by atoms with E-state index < -0.39 is 0 Å². The molecule has 0 amide bonds. The van der Waals surface area contributed by atoms with Crippen molar-refractivity contribution in [3.05, 3.63) is 11.6 Å². The van der Waals surface area contributed by atoms with Gasteiger partial charge in [0.15, 0.2) is 0 Å². The van der Waals surface area contributed by atoms with E-state index in [1.807, 2.05) is 0 Å². The smallest absolute Gasteiger partial charge is 0.0278 e. The van der Waals surface area contributed by atoms with Crippen molar-refractivity contribution in [1.29, 1.82) is 0 Å². The fraction of sp³-hybridized carbons (Fsp3) is 0.875. The quantitative estimate of drug-likeness (QED) is 0.725. The molecule has 98 valence electrons. The van der Waals surface area contributed by atoms with Crippen molar-refractivity contribution in [2.75, 3.05) is 7.05 Å². The topological polar surface area (TPSA) is 12.0 Å². The molecule has 1 N–H and O–H groups in total. The van der Waals surface area contributed by atoms with Gasteiger partial charge in [-0.3, -0.25) is 0 Å². The van der Waals surface area contributed by atoms with Crippen molar-refractivity contribution in [2.24, 2.45) is 17.8 Å². The van der Waals surface area contributed by atoms with Gasteiger partial charge in [-0.15, -0.1) is 0 Å². The standard InChI is InChI=1S/C16H29N/c1-12(2)10-16(17-3)15-9-8-13-6-4-5-7-14(13)11-15/h10,13-17H,4-9,11H2,1-3H3. The van der Waals surface area contributed by atoms with Gasteiger partial charge in [-0.2, -0.15) is 0 Å². The van der Waals surface area contributed by atoms with E-state index in [-0.39, 0.29) is 0 Å². The van der Waals surface area contributed by atoms with Crippen LogP contribution in [-0.2, 0) is 0 Å². The van der Waals surface area contributed by atoms with E-state index in [1.165, 1.54) is 50.5 Å². The minimum Gasteiger partial charge on any atom is -0.313 e. The van der Waals surface area contributed by atoms with Crippen molar-refractivity contribution < 1.29 is 0 Å². The van der Waals surface area contributed by atoms with Gasteiger partial charge in [0.2, 0.25) is 0 Å². The van der Waals surface area contributed by atoms with Gasteiger partial charge in [0.1, 0.15) is 0 Å². The maximum atomic E-state index is 3.52. The number of hydrogen-bond acceptors (Lipinski definition) is 1. The van der Waals surface area contributed by atoms with E-state index in [0.717, 1.165) is 17.8 Å². The Morgan fingerprint density at radius 2 is 1.76 bits per heavy atom. The molecule has 0 radical (unpaired) electrons.